The number of fused-ring (bicyclic) bond motifs is 2. The summed E-state index contributed by atoms with van der Waals surface area (Å²) in [7, 11) is 1.83. The molecule has 0 saturated heterocycles. The van der Waals surface area contributed by atoms with E-state index >= 15 is 4.39 Å². The SMILES string of the molecule is Cn1cc(-c2ccc3c(c2F)CCN3C(=O)[C@H](N)c2ccccc2)c2c(N)ncnc21. The first kappa shape index (κ1) is 19.2. The number of aryl methyl sites for hydroxylation is 1. The van der Waals surface area contributed by atoms with Crippen molar-refractivity contribution in [3.63, 3.8) is 0 Å². The lowest BCUT2D eigenvalue weighted by Gasteiger charge is -2.22. The normalized spacial score (nSPS) is 14.1. The third kappa shape index (κ3) is 2.95. The van der Waals surface area contributed by atoms with Gasteiger partial charge in [0.25, 0.3) is 0 Å². The predicted molar refractivity (Wildman–Crippen MR) is 118 cm³/mol. The number of anilines is 2. The van der Waals surface area contributed by atoms with Gasteiger partial charge in [0.2, 0.25) is 5.91 Å². The van der Waals surface area contributed by atoms with Crippen molar-refractivity contribution in [3.8, 4) is 11.1 Å². The van der Waals surface area contributed by atoms with E-state index in [1.54, 1.807) is 27.8 Å². The van der Waals surface area contributed by atoms with Gasteiger partial charge in [0.1, 0.15) is 29.7 Å². The van der Waals surface area contributed by atoms with E-state index in [0.29, 0.717) is 52.2 Å². The van der Waals surface area contributed by atoms with Crippen LogP contribution in [0.5, 0.6) is 0 Å². The Labute approximate surface area is 178 Å². The number of benzene rings is 2. The molecule has 1 amide bonds. The zero-order valence-electron chi connectivity index (χ0n) is 16.9. The van der Waals surface area contributed by atoms with Gasteiger partial charge in [-0.3, -0.25) is 4.79 Å². The maximum atomic E-state index is 15.6. The van der Waals surface area contributed by atoms with Crippen molar-refractivity contribution < 1.29 is 9.18 Å². The van der Waals surface area contributed by atoms with E-state index in [4.69, 9.17) is 11.5 Å². The molecule has 156 valence electrons. The van der Waals surface area contributed by atoms with Crippen LogP contribution in [0.1, 0.15) is 17.2 Å². The van der Waals surface area contributed by atoms with Crippen LogP contribution in [0.4, 0.5) is 15.9 Å². The molecule has 1 aliphatic heterocycles. The number of nitrogens with zero attached hydrogens (tertiary/aromatic N) is 4. The zero-order chi connectivity index (χ0) is 21.7. The molecule has 0 bridgehead atoms. The van der Waals surface area contributed by atoms with Gasteiger partial charge in [0, 0.05) is 42.2 Å². The number of carbonyl (C=O) groups excluding carboxylic acids is 1. The summed E-state index contributed by atoms with van der Waals surface area (Å²) in [4.78, 5) is 22.9. The van der Waals surface area contributed by atoms with Gasteiger partial charge in [0.15, 0.2) is 0 Å². The third-order valence-corrected chi connectivity index (χ3v) is 5.86. The summed E-state index contributed by atoms with van der Waals surface area (Å²) in [6.45, 7) is 0.385. The highest BCUT2D eigenvalue weighted by Crippen LogP contribution is 2.40. The van der Waals surface area contributed by atoms with Gasteiger partial charge in [-0.15, -0.1) is 0 Å². The number of aromatic nitrogens is 3. The minimum Gasteiger partial charge on any atom is -0.383 e. The average Bonchev–Trinajstić information content (AvgIpc) is 3.36. The summed E-state index contributed by atoms with van der Waals surface area (Å²) < 4.78 is 17.4. The van der Waals surface area contributed by atoms with Crippen LogP contribution in [0.25, 0.3) is 22.2 Å². The first-order chi connectivity index (χ1) is 15.0. The van der Waals surface area contributed by atoms with Crippen molar-refractivity contribution in [2.75, 3.05) is 17.2 Å². The number of nitrogen functional groups attached to an aromatic ring is 1. The zero-order valence-corrected chi connectivity index (χ0v) is 16.9. The van der Waals surface area contributed by atoms with Crippen molar-refractivity contribution >= 4 is 28.4 Å². The molecule has 7 nitrogen and oxygen atoms in total. The summed E-state index contributed by atoms with van der Waals surface area (Å²) in [5.74, 6) is -0.317. The van der Waals surface area contributed by atoms with Crippen LogP contribution in [0.15, 0.2) is 55.0 Å². The molecular weight excluding hydrogens is 395 g/mol. The molecule has 8 heteroatoms. The Morgan fingerprint density at radius 3 is 2.68 bits per heavy atom. The van der Waals surface area contributed by atoms with Gasteiger partial charge in [-0.05, 0) is 24.1 Å². The lowest BCUT2D eigenvalue weighted by molar-refractivity contribution is -0.119. The van der Waals surface area contributed by atoms with E-state index in [0.717, 1.165) is 5.56 Å². The number of hydrogen-bond acceptors (Lipinski definition) is 5. The van der Waals surface area contributed by atoms with Crippen molar-refractivity contribution in [2.24, 2.45) is 12.8 Å². The molecule has 4 N–H and O–H groups in total. The average molecular weight is 416 g/mol. The van der Waals surface area contributed by atoms with Crippen LogP contribution in [-0.4, -0.2) is 27.0 Å². The van der Waals surface area contributed by atoms with Gasteiger partial charge < -0.3 is 20.9 Å². The molecule has 0 unspecified atom stereocenters. The molecule has 4 aromatic rings. The van der Waals surface area contributed by atoms with Crippen LogP contribution in [-0.2, 0) is 18.3 Å². The maximum absolute atomic E-state index is 15.6. The summed E-state index contributed by atoms with van der Waals surface area (Å²) >= 11 is 0. The summed E-state index contributed by atoms with van der Waals surface area (Å²) in [5, 5.41) is 0.612. The summed E-state index contributed by atoms with van der Waals surface area (Å²) in [6.07, 6.45) is 3.60. The highest BCUT2D eigenvalue weighted by molar-refractivity contribution is 6.02. The van der Waals surface area contributed by atoms with E-state index in [1.165, 1.54) is 6.33 Å². The van der Waals surface area contributed by atoms with Crippen LogP contribution in [0.3, 0.4) is 0 Å². The quantitative estimate of drug-likeness (QED) is 0.535. The van der Waals surface area contributed by atoms with E-state index < -0.39 is 6.04 Å². The van der Waals surface area contributed by atoms with Crippen LogP contribution >= 0.6 is 0 Å². The Bertz CT molecular complexity index is 1320. The van der Waals surface area contributed by atoms with Crippen LogP contribution in [0, 0.1) is 5.82 Å². The third-order valence-electron chi connectivity index (χ3n) is 5.86. The molecule has 2 aromatic carbocycles. The minimum absolute atomic E-state index is 0.250. The molecule has 31 heavy (non-hydrogen) atoms. The van der Waals surface area contributed by atoms with Crippen LogP contribution in [0.2, 0.25) is 0 Å². The molecule has 0 aliphatic carbocycles. The van der Waals surface area contributed by atoms with Gasteiger partial charge in [-0.1, -0.05) is 30.3 Å². The van der Waals surface area contributed by atoms with Crippen molar-refractivity contribution in [3.05, 3.63) is 71.9 Å². The molecule has 2 aromatic heterocycles. The highest BCUT2D eigenvalue weighted by Gasteiger charge is 2.32. The number of amides is 1. The van der Waals surface area contributed by atoms with Crippen molar-refractivity contribution in [1.29, 1.82) is 0 Å². The van der Waals surface area contributed by atoms with E-state index in [9.17, 15) is 4.79 Å². The topological polar surface area (TPSA) is 103 Å². The van der Waals surface area contributed by atoms with Gasteiger partial charge >= 0.3 is 0 Å². The Hall–Kier alpha value is -3.78. The molecule has 3 heterocycles. The molecular formula is C23H21FN6O. The number of hydrogen-bond donors (Lipinski definition) is 2. The summed E-state index contributed by atoms with van der Waals surface area (Å²) in [5.41, 5.74) is 15.7. The molecule has 0 fully saturated rings. The standard InChI is InChI=1S/C23H21FN6O/c1-29-11-16(18-21(26)27-12-28-22(18)29)14-7-8-17-15(19(14)24)9-10-30(17)23(31)20(25)13-5-3-2-4-6-13/h2-8,11-12,20H,9-10,25H2,1H3,(H2,26,27,28)/t20-/m1/s1. The highest BCUT2D eigenvalue weighted by atomic mass is 19.1. The minimum atomic E-state index is -0.801. The van der Waals surface area contributed by atoms with E-state index in [1.807, 2.05) is 37.4 Å². The Kier molecular flexibility index (Phi) is 4.44. The van der Waals surface area contributed by atoms with Crippen LogP contribution < -0.4 is 16.4 Å². The monoisotopic (exact) mass is 416 g/mol. The first-order valence-corrected chi connectivity index (χ1v) is 9.96. The Morgan fingerprint density at radius 1 is 1.13 bits per heavy atom. The van der Waals surface area contributed by atoms with Gasteiger partial charge in [0.05, 0.1) is 5.39 Å². The number of halogens is 1. The predicted octanol–water partition coefficient (Wildman–Crippen LogP) is 2.95. The number of carbonyl (C=O) groups is 1. The number of nitrogens with two attached hydrogens (primary N) is 2. The molecule has 0 radical (unpaired) electrons. The fourth-order valence-electron chi connectivity index (χ4n) is 4.29. The maximum Gasteiger partial charge on any atom is 0.248 e. The lowest BCUT2D eigenvalue weighted by Crippen LogP contribution is -2.37. The second-order valence-electron chi connectivity index (χ2n) is 7.66. The van der Waals surface area contributed by atoms with Crippen molar-refractivity contribution in [1.82, 2.24) is 14.5 Å². The Morgan fingerprint density at radius 2 is 1.90 bits per heavy atom. The van der Waals surface area contributed by atoms with Gasteiger partial charge in [-0.25, -0.2) is 14.4 Å². The lowest BCUT2D eigenvalue weighted by atomic mass is 10.0. The fourth-order valence-corrected chi connectivity index (χ4v) is 4.29. The smallest absolute Gasteiger partial charge is 0.248 e. The largest absolute Gasteiger partial charge is 0.383 e. The van der Waals surface area contributed by atoms with E-state index in [-0.39, 0.29) is 11.7 Å². The molecule has 0 spiro atoms. The second-order valence-corrected chi connectivity index (χ2v) is 7.66. The second kappa shape index (κ2) is 7.17. The van der Waals surface area contributed by atoms with E-state index in [2.05, 4.69) is 9.97 Å². The first-order valence-electron chi connectivity index (χ1n) is 9.96. The summed E-state index contributed by atoms with van der Waals surface area (Å²) in [6, 6.07) is 11.8. The molecule has 1 aliphatic rings. The molecule has 5 rings (SSSR count). The van der Waals surface area contributed by atoms with Gasteiger partial charge in [-0.2, -0.15) is 0 Å². The Balaban J connectivity index is 1.55. The molecule has 1 atom stereocenters. The van der Waals surface area contributed by atoms with Crippen molar-refractivity contribution in [2.45, 2.75) is 12.5 Å². The fraction of sp³-hybridized carbons (Fsp3) is 0.174. The molecule has 0 saturated carbocycles. The number of rotatable bonds is 3.